The lowest BCUT2D eigenvalue weighted by Crippen LogP contribution is -2.45. The Morgan fingerprint density at radius 3 is 2.39 bits per heavy atom. The average molecular weight is 374 g/mol. The van der Waals surface area contributed by atoms with Crippen molar-refractivity contribution in [3.63, 3.8) is 0 Å². The van der Waals surface area contributed by atoms with E-state index in [1.54, 1.807) is 4.88 Å². The van der Waals surface area contributed by atoms with Crippen LogP contribution in [0, 0.1) is 5.92 Å². The Hall–Kier alpha value is 0.680. The molecule has 3 rings (SSSR count). The van der Waals surface area contributed by atoms with Gasteiger partial charge in [-0.25, -0.2) is 0 Å². The van der Waals surface area contributed by atoms with E-state index in [0.717, 1.165) is 19.0 Å². The molecule has 1 aliphatic heterocycles. The maximum atomic E-state index is 3.58. The predicted octanol–water partition coefficient (Wildman–Crippen LogP) is 3.71. The highest BCUT2D eigenvalue weighted by Gasteiger charge is 2.37. The van der Waals surface area contributed by atoms with E-state index in [-0.39, 0.29) is 24.8 Å². The molecule has 0 spiro atoms. The van der Waals surface area contributed by atoms with Crippen LogP contribution in [0.25, 0.3) is 0 Å². The molecule has 1 atom stereocenters. The molecule has 0 amide bonds. The van der Waals surface area contributed by atoms with Crippen LogP contribution in [-0.2, 0) is 0 Å². The topological polar surface area (TPSA) is 15.3 Å². The highest BCUT2D eigenvalue weighted by atomic mass is 79.9. The average Bonchev–Trinajstić information content (AvgIpc) is 3.04. The van der Waals surface area contributed by atoms with Crippen molar-refractivity contribution < 1.29 is 0 Å². The molecule has 6 heteroatoms. The summed E-state index contributed by atoms with van der Waals surface area (Å²) < 4.78 is 1.27. The summed E-state index contributed by atoms with van der Waals surface area (Å²) in [5.41, 5.74) is 0. The van der Waals surface area contributed by atoms with Gasteiger partial charge < -0.3 is 5.32 Å². The second kappa shape index (κ2) is 7.46. The third-order valence-corrected chi connectivity index (χ3v) is 5.19. The van der Waals surface area contributed by atoms with E-state index in [0.29, 0.717) is 6.04 Å². The van der Waals surface area contributed by atoms with E-state index in [9.17, 15) is 0 Å². The first kappa shape index (κ1) is 16.7. The largest absolute Gasteiger partial charge is 0.314 e. The van der Waals surface area contributed by atoms with Crippen LogP contribution in [0.3, 0.4) is 0 Å². The molecular weight excluding hydrogens is 355 g/mol. The molecule has 1 aromatic rings. The van der Waals surface area contributed by atoms with Crippen molar-refractivity contribution in [1.82, 2.24) is 10.2 Å². The van der Waals surface area contributed by atoms with Crippen molar-refractivity contribution in [3.8, 4) is 0 Å². The van der Waals surface area contributed by atoms with Gasteiger partial charge in [-0.15, -0.1) is 36.2 Å². The number of nitrogens with one attached hydrogen (secondary N) is 1. The van der Waals surface area contributed by atoms with Crippen molar-refractivity contribution in [2.24, 2.45) is 5.92 Å². The molecule has 0 unspecified atom stereocenters. The lowest BCUT2D eigenvalue weighted by molar-refractivity contribution is 0.158. The molecule has 1 aromatic heterocycles. The van der Waals surface area contributed by atoms with Gasteiger partial charge in [-0.1, -0.05) is 0 Å². The van der Waals surface area contributed by atoms with Gasteiger partial charge >= 0.3 is 0 Å². The van der Waals surface area contributed by atoms with E-state index in [2.05, 4.69) is 38.3 Å². The molecule has 0 aromatic carbocycles. The minimum Gasteiger partial charge on any atom is -0.314 e. The van der Waals surface area contributed by atoms with Crippen LogP contribution < -0.4 is 5.32 Å². The number of halogens is 3. The number of nitrogens with zero attached hydrogens (tertiary/aromatic N) is 1. The van der Waals surface area contributed by atoms with Gasteiger partial charge in [-0.05, 0) is 46.8 Å². The monoisotopic (exact) mass is 372 g/mol. The molecule has 2 fully saturated rings. The minimum atomic E-state index is 0. The van der Waals surface area contributed by atoms with Crippen LogP contribution in [-0.4, -0.2) is 31.1 Å². The van der Waals surface area contributed by atoms with Gasteiger partial charge in [0.25, 0.3) is 0 Å². The first-order valence-electron chi connectivity index (χ1n) is 6.04. The van der Waals surface area contributed by atoms with E-state index in [1.165, 1.54) is 29.7 Å². The van der Waals surface area contributed by atoms with E-state index >= 15 is 0 Å². The Morgan fingerprint density at radius 2 is 1.89 bits per heavy atom. The van der Waals surface area contributed by atoms with Crippen LogP contribution in [0.1, 0.15) is 23.8 Å². The van der Waals surface area contributed by atoms with Gasteiger partial charge in [0.1, 0.15) is 0 Å². The van der Waals surface area contributed by atoms with E-state index < -0.39 is 0 Å². The van der Waals surface area contributed by atoms with Crippen molar-refractivity contribution in [2.45, 2.75) is 18.9 Å². The fourth-order valence-electron chi connectivity index (χ4n) is 2.57. The molecular formula is C12H19BrCl2N2S. The maximum absolute atomic E-state index is 3.58. The first-order valence-corrected chi connectivity index (χ1v) is 7.65. The zero-order chi connectivity index (χ0) is 11.0. The third kappa shape index (κ3) is 3.84. The molecule has 104 valence electrons. The summed E-state index contributed by atoms with van der Waals surface area (Å²) in [4.78, 5) is 4.23. The van der Waals surface area contributed by atoms with Gasteiger partial charge in [-0.3, -0.25) is 4.90 Å². The number of thiophene rings is 1. The molecule has 18 heavy (non-hydrogen) atoms. The molecule has 0 bridgehead atoms. The fraction of sp³-hybridized carbons (Fsp3) is 0.667. The van der Waals surface area contributed by atoms with Crippen molar-refractivity contribution in [1.29, 1.82) is 0 Å². The summed E-state index contributed by atoms with van der Waals surface area (Å²) in [5.74, 6) is 0.920. The molecule has 0 radical (unpaired) electrons. The normalized spacial score (nSPS) is 21.8. The number of piperazine rings is 1. The molecule has 2 heterocycles. The predicted molar refractivity (Wildman–Crippen MR) is 86.4 cm³/mol. The smallest absolute Gasteiger partial charge is 0.0701 e. The Labute approximate surface area is 133 Å². The first-order chi connectivity index (χ1) is 7.84. The maximum Gasteiger partial charge on any atom is 0.0701 e. The summed E-state index contributed by atoms with van der Waals surface area (Å²) in [6, 6.07) is 5.19. The van der Waals surface area contributed by atoms with Gasteiger partial charge in [0.05, 0.1) is 3.79 Å². The summed E-state index contributed by atoms with van der Waals surface area (Å²) in [6.07, 6.45) is 2.84. The number of hydrogen-bond donors (Lipinski definition) is 1. The molecule has 1 saturated carbocycles. The van der Waals surface area contributed by atoms with E-state index in [4.69, 9.17) is 0 Å². The standard InChI is InChI=1S/C12H17BrN2S.2ClH/c13-11-4-3-10(16-11)12(9-1-2-9)15-7-5-14-6-8-15;;/h3-4,9,12,14H,1-2,5-8H2;2*1H/t12-;;/m0../s1. The van der Waals surface area contributed by atoms with Crippen LogP contribution in [0.15, 0.2) is 15.9 Å². The Bertz CT molecular complexity index is 365. The summed E-state index contributed by atoms with van der Waals surface area (Å²) in [6.45, 7) is 4.71. The quantitative estimate of drug-likeness (QED) is 0.868. The molecule has 1 N–H and O–H groups in total. The summed E-state index contributed by atoms with van der Waals surface area (Å²) in [7, 11) is 0. The van der Waals surface area contributed by atoms with Gasteiger partial charge in [0.2, 0.25) is 0 Å². The van der Waals surface area contributed by atoms with E-state index in [1.807, 2.05) is 11.3 Å². The molecule has 1 saturated heterocycles. The van der Waals surface area contributed by atoms with Crippen LogP contribution in [0.5, 0.6) is 0 Å². The second-order valence-corrected chi connectivity index (χ2v) is 7.20. The Kier molecular flexibility index (Phi) is 6.93. The van der Waals surface area contributed by atoms with Crippen LogP contribution >= 0.6 is 52.1 Å². The van der Waals surface area contributed by atoms with Crippen molar-refractivity contribution >= 4 is 52.1 Å². The van der Waals surface area contributed by atoms with Crippen LogP contribution in [0.4, 0.5) is 0 Å². The zero-order valence-corrected chi connectivity index (χ0v) is 14.1. The van der Waals surface area contributed by atoms with Gasteiger partial charge in [0, 0.05) is 37.1 Å². The van der Waals surface area contributed by atoms with Crippen molar-refractivity contribution in [2.75, 3.05) is 26.2 Å². The van der Waals surface area contributed by atoms with Crippen LogP contribution in [0.2, 0.25) is 0 Å². The highest BCUT2D eigenvalue weighted by molar-refractivity contribution is 9.11. The van der Waals surface area contributed by atoms with Gasteiger partial charge in [0.15, 0.2) is 0 Å². The molecule has 1 aliphatic carbocycles. The summed E-state index contributed by atoms with van der Waals surface area (Å²) in [5, 5.41) is 3.44. The zero-order valence-electron chi connectivity index (χ0n) is 10.1. The Balaban J connectivity index is 0.000000810. The molecule has 2 aliphatic rings. The summed E-state index contributed by atoms with van der Waals surface area (Å²) >= 11 is 5.49. The fourth-order valence-corrected chi connectivity index (χ4v) is 4.22. The second-order valence-electron chi connectivity index (χ2n) is 4.71. The van der Waals surface area contributed by atoms with Crippen molar-refractivity contribution in [3.05, 3.63) is 20.8 Å². The number of hydrogen-bond acceptors (Lipinski definition) is 3. The molecule has 2 nitrogen and oxygen atoms in total. The Morgan fingerprint density at radius 1 is 1.22 bits per heavy atom. The highest BCUT2D eigenvalue weighted by Crippen LogP contribution is 2.46. The third-order valence-electron chi connectivity index (χ3n) is 3.50. The number of rotatable bonds is 3. The lowest BCUT2D eigenvalue weighted by Gasteiger charge is -2.34. The minimum absolute atomic E-state index is 0. The van der Waals surface area contributed by atoms with Gasteiger partial charge in [-0.2, -0.15) is 0 Å². The SMILES string of the molecule is Brc1ccc([C@H](C2CC2)N2CCNCC2)s1.Cl.Cl. The lowest BCUT2D eigenvalue weighted by atomic mass is 10.1.